The summed E-state index contributed by atoms with van der Waals surface area (Å²) in [4.78, 5) is 0. The van der Waals surface area contributed by atoms with Gasteiger partial charge in [-0.15, -0.1) is 0 Å². The molecule has 3 atom stereocenters. The number of rotatable bonds is 4. The van der Waals surface area contributed by atoms with Crippen LogP contribution in [0, 0.1) is 0 Å². The fourth-order valence-electron chi connectivity index (χ4n) is 4.40. The lowest BCUT2D eigenvalue weighted by Gasteiger charge is -2.34. The second-order valence-corrected chi connectivity index (χ2v) is 9.00. The fourth-order valence-corrected chi connectivity index (χ4v) is 4.62. The lowest BCUT2D eigenvalue weighted by Crippen LogP contribution is -2.34. The lowest BCUT2D eigenvalue weighted by molar-refractivity contribution is -0.123. The second kappa shape index (κ2) is 11.4. The molecule has 2 aliphatic heterocycles. The third-order valence-electron chi connectivity index (χ3n) is 6.03. The number of benzene rings is 2. The number of fused-ring (bicyclic) bond motifs is 4. The molecule has 0 spiro atoms. The minimum absolute atomic E-state index is 0.123. The largest absolute Gasteiger partial charge is 0.494 e. The van der Waals surface area contributed by atoms with E-state index in [9.17, 15) is 5.11 Å². The molecule has 5 nitrogen and oxygen atoms in total. The Morgan fingerprint density at radius 2 is 1.88 bits per heavy atom. The molecule has 3 unspecified atom stereocenters. The van der Waals surface area contributed by atoms with Crippen LogP contribution in [0.25, 0.3) is 0 Å². The predicted octanol–water partition coefficient (Wildman–Crippen LogP) is 5.49. The van der Waals surface area contributed by atoms with E-state index in [1.807, 2.05) is 25.1 Å². The van der Waals surface area contributed by atoms with Gasteiger partial charge in [0.1, 0.15) is 11.5 Å². The highest BCUT2D eigenvalue weighted by Crippen LogP contribution is 2.40. The van der Waals surface area contributed by atoms with Crippen LogP contribution < -0.4 is 9.47 Å². The van der Waals surface area contributed by atoms with Crippen molar-refractivity contribution < 1.29 is 24.1 Å². The van der Waals surface area contributed by atoms with Crippen LogP contribution in [0.1, 0.15) is 61.8 Å². The summed E-state index contributed by atoms with van der Waals surface area (Å²) in [5.74, 6) is 1.62. The summed E-state index contributed by atoms with van der Waals surface area (Å²) in [6, 6.07) is 12.1. The maximum Gasteiger partial charge on any atom is 0.126 e. The molecule has 1 fully saturated rings. The molecule has 32 heavy (non-hydrogen) atoms. The van der Waals surface area contributed by atoms with E-state index < -0.39 is 6.10 Å². The standard InChI is InChI=1S/C26H33ClO5/c1-2-30-21-8-6-18(7-9-21)12-19-13-23-25(16-24(19)27)31-11-5-3-4-10-29-17-22-14-20(28)15-26(23)32-22/h6-9,13,16,20,22,26,28H,2-5,10-12,14-15,17H2,1H3. The molecule has 0 aromatic heterocycles. The molecular formula is C26H33ClO5. The number of hydrogen-bond acceptors (Lipinski definition) is 5. The highest BCUT2D eigenvalue weighted by molar-refractivity contribution is 6.31. The number of halogens is 1. The van der Waals surface area contributed by atoms with Gasteiger partial charge in [-0.2, -0.15) is 0 Å². The molecular weight excluding hydrogens is 428 g/mol. The van der Waals surface area contributed by atoms with Gasteiger partial charge in [-0.25, -0.2) is 0 Å². The molecule has 1 saturated heterocycles. The molecule has 6 heteroatoms. The molecule has 2 aromatic carbocycles. The average Bonchev–Trinajstić information content (AvgIpc) is 2.78. The van der Waals surface area contributed by atoms with Crippen LogP contribution in [0.4, 0.5) is 0 Å². The summed E-state index contributed by atoms with van der Waals surface area (Å²) in [5.41, 5.74) is 3.12. The number of aliphatic hydroxyl groups is 1. The van der Waals surface area contributed by atoms with Gasteiger partial charge in [0, 0.05) is 30.0 Å². The first-order valence-corrected chi connectivity index (χ1v) is 12.1. The smallest absolute Gasteiger partial charge is 0.126 e. The van der Waals surface area contributed by atoms with Crippen LogP contribution in [-0.2, 0) is 15.9 Å². The van der Waals surface area contributed by atoms with Gasteiger partial charge >= 0.3 is 0 Å². The van der Waals surface area contributed by atoms with Crippen molar-refractivity contribution in [3.8, 4) is 11.5 Å². The van der Waals surface area contributed by atoms with Gasteiger partial charge in [0.05, 0.1) is 38.1 Å². The number of hydrogen-bond donors (Lipinski definition) is 1. The molecule has 4 rings (SSSR count). The molecule has 2 aliphatic rings. The van der Waals surface area contributed by atoms with Crippen LogP contribution in [-0.4, -0.2) is 43.7 Å². The zero-order chi connectivity index (χ0) is 22.3. The predicted molar refractivity (Wildman–Crippen MR) is 125 cm³/mol. The van der Waals surface area contributed by atoms with E-state index in [-0.39, 0.29) is 12.2 Å². The Morgan fingerprint density at radius 3 is 2.69 bits per heavy atom. The van der Waals surface area contributed by atoms with Gasteiger partial charge < -0.3 is 24.1 Å². The highest BCUT2D eigenvalue weighted by atomic mass is 35.5. The maximum absolute atomic E-state index is 10.5. The lowest BCUT2D eigenvalue weighted by atomic mass is 9.93. The van der Waals surface area contributed by atoms with Crippen molar-refractivity contribution in [2.45, 2.75) is 63.8 Å². The molecule has 1 N–H and O–H groups in total. The molecule has 174 valence electrons. The Kier molecular flexibility index (Phi) is 8.31. The summed E-state index contributed by atoms with van der Waals surface area (Å²) in [6.45, 7) is 4.47. The van der Waals surface area contributed by atoms with Crippen molar-refractivity contribution in [1.29, 1.82) is 0 Å². The molecule has 0 radical (unpaired) electrons. The SMILES string of the molecule is CCOc1ccc(Cc2cc3c(cc2Cl)OCCCCCOCC2CC(O)CC3O2)cc1. The van der Waals surface area contributed by atoms with Gasteiger partial charge in [-0.3, -0.25) is 0 Å². The normalized spacial score (nSPS) is 24.3. The third-order valence-corrected chi connectivity index (χ3v) is 6.38. The molecule has 0 saturated carbocycles. The quantitative estimate of drug-likeness (QED) is 0.653. The zero-order valence-electron chi connectivity index (χ0n) is 18.7. The Morgan fingerprint density at radius 1 is 1.06 bits per heavy atom. The van der Waals surface area contributed by atoms with E-state index >= 15 is 0 Å². The Labute approximate surface area is 195 Å². The van der Waals surface area contributed by atoms with Gasteiger partial charge in [0.15, 0.2) is 0 Å². The van der Waals surface area contributed by atoms with Crippen LogP contribution in [0.5, 0.6) is 11.5 Å². The summed E-state index contributed by atoms with van der Waals surface area (Å²) >= 11 is 6.69. The van der Waals surface area contributed by atoms with E-state index in [0.717, 1.165) is 47.5 Å². The zero-order valence-corrected chi connectivity index (χ0v) is 19.5. The van der Waals surface area contributed by atoms with Crippen LogP contribution >= 0.6 is 11.6 Å². The number of ether oxygens (including phenoxy) is 4. The summed E-state index contributed by atoms with van der Waals surface area (Å²) in [5, 5.41) is 11.2. The van der Waals surface area contributed by atoms with Crippen molar-refractivity contribution in [3.05, 3.63) is 58.1 Å². The molecule has 2 aromatic rings. The Hall–Kier alpha value is -1.79. The first kappa shape index (κ1) is 23.4. The first-order valence-electron chi connectivity index (χ1n) is 11.7. The van der Waals surface area contributed by atoms with Crippen LogP contribution in [0.3, 0.4) is 0 Å². The van der Waals surface area contributed by atoms with Gasteiger partial charge in [-0.1, -0.05) is 23.7 Å². The Balaban J connectivity index is 1.61. The van der Waals surface area contributed by atoms with Gasteiger partial charge in [0.2, 0.25) is 0 Å². The van der Waals surface area contributed by atoms with E-state index in [4.69, 9.17) is 30.5 Å². The minimum atomic E-state index is -0.425. The average molecular weight is 461 g/mol. The van der Waals surface area contributed by atoms with Crippen molar-refractivity contribution >= 4 is 11.6 Å². The van der Waals surface area contributed by atoms with Crippen molar-refractivity contribution in [2.75, 3.05) is 26.4 Å². The topological polar surface area (TPSA) is 57.2 Å². The molecule has 0 amide bonds. The van der Waals surface area contributed by atoms with Crippen LogP contribution in [0.2, 0.25) is 5.02 Å². The fraction of sp³-hybridized carbons (Fsp3) is 0.538. The van der Waals surface area contributed by atoms with Crippen molar-refractivity contribution in [3.63, 3.8) is 0 Å². The number of aliphatic hydroxyl groups excluding tert-OH is 1. The van der Waals surface area contributed by atoms with E-state index in [1.54, 1.807) is 0 Å². The van der Waals surface area contributed by atoms with Gasteiger partial charge in [-0.05, 0) is 68.0 Å². The minimum Gasteiger partial charge on any atom is -0.494 e. The molecule has 2 heterocycles. The second-order valence-electron chi connectivity index (χ2n) is 8.59. The Bertz CT molecular complexity index is 869. The summed E-state index contributed by atoms with van der Waals surface area (Å²) < 4.78 is 23.9. The van der Waals surface area contributed by atoms with Crippen LogP contribution in [0.15, 0.2) is 36.4 Å². The molecule has 0 aliphatic carbocycles. The summed E-state index contributed by atoms with van der Waals surface area (Å²) in [6.07, 6.45) is 4.04. The maximum atomic E-state index is 10.5. The summed E-state index contributed by atoms with van der Waals surface area (Å²) in [7, 11) is 0. The van der Waals surface area contributed by atoms with Crippen molar-refractivity contribution in [2.24, 2.45) is 0 Å². The van der Waals surface area contributed by atoms with E-state index in [1.165, 1.54) is 0 Å². The third kappa shape index (κ3) is 6.16. The van der Waals surface area contributed by atoms with E-state index in [2.05, 4.69) is 18.2 Å². The monoisotopic (exact) mass is 460 g/mol. The highest BCUT2D eigenvalue weighted by Gasteiger charge is 2.32. The van der Waals surface area contributed by atoms with Gasteiger partial charge in [0.25, 0.3) is 0 Å². The molecule has 2 bridgehead atoms. The van der Waals surface area contributed by atoms with E-state index in [0.29, 0.717) is 50.7 Å². The first-order chi connectivity index (χ1) is 15.6. The van der Waals surface area contributed by atoms with Crippen molar-refractivity contribution in [1.82, 2.24) is 0 Å².